The minimum atomic E-state index is -0.981. The highest BCUT2D eigenvalue weighted by Crippen LogP contribution is 2.46. The first-order chi connectivity index (χ1) is 42.0. The van der Waals surface area contributed by atoms with E-state index in [1.165, 1.54) is 4.90 Å². The number of nitrogens with zero attached hydrogens (tertiary/aromatic N) is 3. The van der Waals surface area contributed by atoms with E-state index in [1.54, 1.807) is 65.3 Å². The van der Waals surface area contributed by atoms with Crippen molar-refractivity contribution in [3.8, 4) is 49.3 Å². The number of aromatic nitrogens is 1. The summed E-state index contributed by atoms with van der Waals surface area (Å²) in [5, 5.41) is 41.5. The smallest absolute Gasteiger partial charge is 0.271 e. The number of hydrazone groups is 1. The van der Waals surface area contributed by atoms with Crippen LogP contribution in [0.15, 0.2) is 126 Å². The van der Waals surface area contributed by atoms with Crippen molar-refractivity contribution in [2.75, 3.05) is 92.4 Å². The fraction of sp³-hybridized carbons (Fsp3) is 0.385. The van der Waals surface area contributed by atoms with E-state index in [4.69, 9.17) is 33.2 Å². The molecule has 1 saturated heterocycles. The minimum absolute atomic E-state index is 0.0301. The van der Waals surface area contributed by atoms with Crippen molar-refractivity contribution < 1.29 is 67.7 Å². The zero-order chi connectivity index (χ0) is 61.7. The number of carbonyl (C=O) groups is 4. The van der Waals surface area contributed by atoms with Gasteiger partial charge in [0.2, 0.25) is 17.7 Å². The van der Waals surface area contributed by atoms with Crippen molar-refractivity contribution in [2.45, 2.75) is 65.3 Å². The SMILES string of the molecule is Cc1ncsc1-c1ccc(C(C)NC(=O)C2CC(O)CN2C(=O)C(NC(=O)COCCOCCOCCOCCOCCOCCOc2ccc(C=NNC(=O)c3ccc(-c4c(-c5ccc(O)cc5)sc5cc(O)ccc45)cc3)cc2)C(C)(C)C)cc1. The van der Waals surface area contributed by atoms with Gasteiger partial charge in [-0.3, -0.25) is 19.2 Å². The van der Waals surface area contributed by atoms with Crippen LogP contribution in [0.3, 0.4) is 0 Å². The molecule has 20 nitrogen and oxygen atoms in total. The van der Waals surface area contributed by atoms with Crippen molar-refractivity contribution in [3.05, 3.63) is 143 Å². The van der Waals surface area contributed by atoms with Gasteiger partial charge in [0.15, 0.2) is 0 Å². The Hall–Kier alpha value is -7.64. The lowest BCUT2D eigenvalue weighted by atomic mass is 9.85. The van der Waals surface area contributed by atoms with Crippen LogP contribution in [-0.4, -0.2) is 166 Å². The Kier molecular flexibility index (Phi) is 24.3. The number of aryl methyl sites for hydroxylation is 1. The molecule has 4 atom stereocenters. The van der Waals surface area contributed by atoms with Gasteiger partial charge in [-0.05, 0) is 126 Å². The van der Waals surface area contributed by atoms with Gasteiger partial charge in [0.25, 0.3) is 5.91 Å². The zero-order valence-electron chi connectivity index (χ0n) is 49.5. The molecule has 87 heavy (non-hydrogen) atoms. The van der Waals surface area contributed by atoms with E-state index in [0.717, 1.165) is 58.9 Å². The maximum Gasteiger partial charge on any atom is 0.271 e. The molecule has 2 aromatic heterocycles. The van der Waals surface area contributed by atoms with Gasteiger partial charge >= 0.3 is 0 Å². The van der Waals surface area contributed by atoms with Crippen molar-refractivity contribution in [3.63, 3.8) is 0 Å². The molecule has 4 unspecified atom stereocenters. The number of thiophene rings is 1. The number of β-amino-alcohol motifs (C(OH)–C–C–N with tert-alkyl or cyclic N) is 1. The lowest BCUT2D eigenvalue weighted by molar-refractivity contribution is -0.144. The summed E-state index contributed by atoms with van der Waals surface area (Å²) in [4.78, 5) is 61.4. The highest BCUT2D eigenvalue weighted by atomic mass is 32.1. The van der Waals surface area contributed by atoms with Gasteiger partial charge in [-0.25, -0.2) is 10.4 Å². The predicted molar refractivity (Wildman–Crippen MR) is 334 cm³/mol. The number of nitrogens with one attached hydrogen (secondary N) is 3. The fourth-order valence-corrected chi connectivity index (χ4v) is 11.6. The molecule has 22 heteroatoms. The molecule has 4 amide bonds. The molecule has 6 N–H and O–H groups in total. The molecule has 0 aliphatic carbocycles. The van der Waals surface area contributed by atoms with Gasteiger partial charge in [-0.2, -0.15) is 5.10 Å². The predicted octanol–water partition coefficient (Wildman–Crippen LogP) is 8.69. The molecular weight excluding hydrogens is 1150 g/mol. The van der Waals surface area contributed by atoms with Crippen LogP contribution in [0.2, 0.25) is 0 Å². The first kappa shape index (κ1) is 65.3. The number of aliphatic hydroxyl groups is 1. The van der Waals surface area contributed by atoms with E-state index in [0.29, 0.717) is 77.4 Å². The van der Waals surface area contributed by atoms with Crippen LogP contribution in [0.1, 0.15) is 67.3 Å². The van der Waals surface area contributed by atoms with E-state index in [1.807, 2.05) is 119 Å². The lowest BCUT2D eigenvalue weighted by Gasteiger charge is -2.35. The number of thiazole rings is 1. The maximum absolute atomic E-state index is 14.0. The Labute approximate surface area is 514 Å². The molecular formula is C65H76N6O14S2. The van der Waals surface area contributed by atoms with E-state index in [-0.39, 0.29) is 62.1 Å². The number of benzene rings is 5. The quantitative estimate of drug-likeness (QED) is 0.0131. The number of hydrogen-bond acceptors (Lipinski definition) is 18. The zero-order valence-corrected chi connectivity index (χ0v) is 51.2. The number of rotatable bonds is 32. The molecule has 0 radical (unpaired) electrons. The second kappa shape index (κ2) is 32.4. The maximum atomic E-state index is 14.0. The van der Waals surface area contributed by atoms with Crippen molar-refractivity contribution in [2.24, 2.45) is 10.5 Å². The number of carbonyl (C=O) groups excluding carboxylic acids is 4. The largest absolute Gasteiger partial charge is 0.508 e. The molecule has 0 spiro atoms. The third kappa shape index (κ3) is 19.2. The van der Waals surface area contributed by atoms with Crippen LogP contribution in [0.4, 0.5) is 0 Å². The molecule has 7 aromatic rings. The molecule has 5 aromatic carbocycles. The van der Waals surface area contributed by atoms with Gasteiger partial charge in [-0.15, -0.1) is 22.7 Å². The third-order valence-corrected chi connectivity index (χ3v) is 16.3. The summed E-state index contributed by atoms with van der Waals surface area (Å²) in [5.41, 5.74) is 10.6. The van der Waals surface area contributed by atoms with Crippen molar-refractivity contribution >= 4 is 62.6 Å². The third-order valence-electron chi connectivity index (χ3n) is 14.1. The van der Waals surface area contributed by atoms with E-state index in [2.05, 4.69) is 26.1 Å². The van der Waals surface area contributed by atoms with E-state index in [9.17, 15) is 34.5 Å². The van der Waals surface area contributed by atoms with Crippen LogP contribution in [0.5, 0.6) is 17.2 Å². The molecule has 8 rings (SSSR count). The second-order valence-electron chi connectivity index (χ2n) is 21.7. The summed E-state index contributed by atoms with van der Waals surface area (Å²) in [6, 6.07) is 32.5. The molecule has 1 fully saturated rings. The Morgan fingerprint density at radius 3 is 1.86 bits per heavy atom. The monoisotopic (exact) mass is 1230 g/mol. The van der Waals surface area contributed by atoms with Gasteiger partial charge in [0.05, 0.1) is 107 Å². The van der Waals surface area contributed by atoms with Gasteiger partial charge in [0.1, 0.15) is 42.5 Å². The summed E-state index contributed by atoms with van der Waals surface area (Å²) in [5.74, 6) is -0.675. The minimum Gasteiger partial charge on any atom is -0.508 e. The van der Waals surface area contributed by atoms with Crippen LogP contribution in [0, 0.1) is 12.3 Å². The molecule has 1 aliphatic rings. The number of aromatic hydroxyl groups is 2. The second-order valence-corrected chi connectivity index (χ2v) is 23.6. The van der Waals surface area contributed by atoms with Gasteiger partial charge < -0.3 is 64.0 Å². The molecule has 0 saturated carbocycles. The van der Waals surface area contributed by atoms with Crippen LogP contribution in [-0.2, 0) is 42.8 Å². The Balaban J connectivity index is 0.606. The number of phenolic OH excluding ortho intramolecular Hbond substituents is 2. The highest BCUT2D eigenvalue weighted by Gasteiger charge is 2.45. The van der Waals surface area contributed by atoms with E-state index < -0.39 is 35.4 Å². The number of hydrogen-bond donors (Lipinski definition) is 6. The standard InChI is InChI=1S/C65H76N6O14S2/c1-42(45-8-12-47(13-9-45)59-43(2)66-41-86-59)68-63(77)55-36-52(74)39-71(55)64(78)61(65(3,4)5)69-57(75)40-84-33-32-82-29-28-80-25-24-79-26-27-81-30-31-83-34-35-85-53-21-6-44(7-22-53)38-67-70-62(76)49-14-10-46(11-15-49)58-54-23-20-51(73)37-56(54)87-60(58)48-16-18-50(72)19-17-48/h6-23,37-38,41-42,52,55,61,72-74H,24-36,39-40H2,1-5H3,(H,68,77)(H,69,75)(H,70,76). The number of likely N-dealkylation sites (tertiary alicyclic amines) is 1. The van der Waals surface area contributed by atoms with Crippen LogP contribution >= 0.6 is 22.7 Å². The number of fused-ring (bicyclic) bond motifs is 1. The van der Waals surface area contributed by atoms with Crippen LogP contribution in [0.25, 0.3) is 42.1 Å². The number of ether oxygens (including phenoxy) is 7. The average Bonchev–Trinajstić information content (AvgIpc) is 1.88. The Bertz CT molecular complexity index is 3370. The van der Waals surface area contributed by atoms with Gasteiger partial charge in [-0.1, -0.05) is 57.2 Å². The molecule has 1 aliphatic heterocycles. The normalized spacial score (nSPS) is 15.0. The first-order valence-corrected chi connectivity index (χ1v) is 30.5. The fourth-order valence-electron chi connectivity index (χ4n) is 9.56. The first-order valence-electron chi connectivity index (χ1n) is 28.8. The number of aliphatic hydroxyl groups excluding tert-OH is 1. The molecule has 3 heterocycles. The summed E-state index contributed by atoms with van der Waals surface area (Å²) in [7, 11) is 0. The van der Waals surface area contributed by atoms with Crippen LogP contribution < -0.4 is 20.8 Å². The number of amides is 4. The molecule has 0 bridgehead atoms. The molecule has 462 valence electrons. The lowest BCUT2D eigenvalue weighted by Crippen LogP contribution is -2.58. The van der Waals surface area contributed by atoms with Crippen molar-refractivity contribution in [1.29, 1.82) is 0 Å². The van der Waals surface area contributed by atoms with Gasteiger partial charge in [0, 0.05) is 39.1 Å². The highest BCUT2D eigenvalue weighted by molar-refractivity contribution is 7.23. The topological polar surface area (TPSA) is 258 Å². The summed E-state index contributed by atoms with van der Waals surface area (Å²) in [6.07, 6.45) is 0.745. The summed E-state index contributed by atoms with van der Waals surface area (Å²) in [6.45, 7) is 13.1. The summed E-state index contributed by atoms with van der Waals surface area (Å²) < 4.78 is 40.1. The van der Waals surface area contributed by atoms with E-state index >= 15 is 0 Å². The average molecular weight is 1230 g/mol. The Morgan fingerprint density at radius 1 is 0.701 bits per heavy atom. The van der Waals surface area contributed by atoms with Crippen molar-refractivity contribution in [1.82, 2.24) is 25.9 Å². The number of phenols is 2. The summed E-state index contributed by atoms with van der Waals surface area (Å²) >= 11 is 3.11. The Morgan fingerprint density at radius 2 is 1.26 bits per heavy atom.